The molecule has 0 unspecified atom stereocenters. The van der Waals surface area contributed by atoms with Gasteiger partial charge in [-0.2, -0.15) is 0 Å². The molecule has 0 radical (unpaired) electrons. The van der Waals surface area contributed by atoms with E-state index in [0.29, 0.717) is 23.1 Å². The maximum atomic E-state index is 12.4. The monoisotopic (exact) mass is 369 g/mol. The first-order chi connectivity index (χ1) is 13.2. The van der Waals surface area contributed by atoms with Crippen molar-refractivity contribution in [3.05, 3.63) is 36.2 Å². The average molecular weight is 369 g/mol. The summed E-state index contributed by atoms with van der Waals surface area (Å²) in [6.45, 7) is 1.90. The molecule has 1 saturated carbocycles. The van der Waals surface area contributed by atoms with E-state index in [2.05, 4.69) is 31.6 Å². The molecule has 4 N–H and O–H groups in total. The molecule has 1 saturated heterocycles. The number of nitrogens with one attached hydrogen (secondary N) is 4. The Morgan fingerprint density at radius 1 is 1.00 bits per heavy atom. The summed E-state index contributed by atoms with van der Waals surface area (Å²) in [7, 11) is 0. The lowest BCUT2D eigenvalue weighted by Crippen LogP contribution is -2.30. The molecule has 0 bridgehead atoms. The van der Waals surface area contributed by atoms with Crippen LogP contribution in [0.1, 0.15) is 42.2 Å². The second-order valence-corrected chi connectivity index (χ2v) is 6.97. The summed E-state index contributed by atoms with van der Waals surface area (Å²) >= 11 is 0. The van der Waals surface area contributed by atoms with Gasteiger partial charge in [-0.05, 0) is 63.0 Å². The van der Waals surface area contributed by atoms with Crippen LogP contribution in [0.25, 0.3) is 0 Å². The number of benzene rings is 1. The molecule has 1 aliphatic heterocycles. The van der Waals surface area contributed by atoms with E-state index < -0.39 is 0 Å². The fraction of sp³-hybridized carbons (Fsp3) is 0.444. The van der Waals surface area contributed by atoms with E-state index in [9.17, 15) is 9.59 Å². The molecule has 0 spiro atoms. The van der Waals surface area contributed by atoms with Gasteiger partial charge in [-0.3, -0.25) is 4.79 Å². The topological polar surface area (TPSA) is 113 Å². The molecule has 2 heterocycles. The van der Waals surface area contributed by atoms with Gasteiger partial charge in [0.2, 0.25) is 0 Å². The number of hydrogen-bond acceptors (Lipinski definition) is 5. The highest BCUT2D eigenvalue weighted by Gasteiger charge is 2.23. The number of rotatable bonds is 5. The zero-order valence-electron chi connectivity index (χ0n) is 14.9. The number of amides is 3. The van der Waals surface area contributed by atoms with E-state index in [4.69, 9.17) is 0 Å². The highest BCUT2D eigenvalue weighted by molar-refractivity contribution is 6.02. The van der Waals surface area contributed by atoms with E-state index in [1.165, 1.54) is 0 Å². The van der Waals surface area contributed by atoms with Crippen LogP contribution in [0.4, 0.5) is 16.2 Å². The predicted molar refractivity (Wildman–Crippen MR) is 101 cm³/mol. The summed E-state index contributed by atoms with van der Waals surface area (Å²) in [5, 5.41) is 19.8. The lowest BCUT2D eigenvalue weighted by atomic mass is 10.1. The first-order valence-electron chi connectivity index (χ1n) is 9.29. The molecule has 1 aliphatic carbocycles. The number of anilines is 2. The van der Waals surface area contributed by atoms with Crippen LogP contribution in [-0.2, 0) is 0 Å². The molecule has 2 aromatic rings. The molecular weight excluding hydrogens is 346 g/mol. The maximum Gasteiger partial charge on any atom is 0.319 e. The summed E-state index contributed by atoms with van der Waals surface area (Å²) in [6.07, 6.45) is 5.74. The van der Waals surface area contributed by atoms with Gasteiger partial charge in [0, 0.05) is 17.4 Å². The Morgan fingerprint density at radius 3 is 2.33 bits per heavy atom. The van der Waals surface area contributed by atoms with Crippen molar-refractivity contribution in [2.45, 2.75) is 37.8 Å². The minimum atomic E-state index is -0.303. The van der Waals surface area contributed by atoms with E-state index in [-0.39, 0.29) is 18.0 Å². The van der Waals surface area contributed by atoms with E-state index >= 15 is 0 Å². The molecular formula is C18H23N7O2. The number of piperidine rings is 1. The second-order valence-electron chi connectivity index (χ2n) is 6.97. The summed E-state index contributed by atoms with van der Waals surface area (Å²) in [6, 6.07) is 7.35. The predicted octanol–water partition coefficient (Wildman–Crippen LogP) is 1.74. The van der Waals surface area contributed by atoms with Crippen LogP contribution in [0, 0.1) is 0 Å². The van der Waals surface area contributed by atoms with Crippen molar-refractivity contribution in [1.82, 2.24) is 25.6 Å². The highest BCUT2D eigenvalue weighted by atomic mass is 16.2. The van der Waals surface area contributed by atoms with Gasteiger partial charge in [0.1, 0.15) is 0 Å². The minimum absolute atomic E-state index is 0.205. The molecule has 27 heavy (non-hydrogen) atoms. The zero-order chi connectivity index (χ0) is 18.6. The SMILES string of the molecule is O=C(Nc1ccc(NC(=O)c2cn(C3CCNCC3)nn2)cc1)NC1CC1. The Morgan fingerprint density at radius 2 is 1.67 bits per heavy atom. The Labute approximate surface area is 156 Å². The third kappa shape index (κ3) is 4.62. The van der Waals surface area contributed by atoms with Crippen molar-refractivity contribution in [2.24, 2.45) is 0 Å². The zero-order valence-corrected chi connectivity index (χ0v) is 14.9. The molecule has 9 heteroatoms. The van der Waals surface area contributed by atoms with Crippen molar-refractivity contribution in [2.75, 3.05) is 23.7 Å². The smallest absolute Gasteiger partial charge is 0.319 e. The molecule has 0 atom stereocenters. The van der Waals surface area contributed by atoms with Gasteiger partial charge in [-0.1, -0.05) is 5.21 Å². The Hall–Kier alpha value is -2.94. The lowest BCUT2D eigenvalue weighted by molar-refractivity contribution is 0.102. The van der Waals surface area contributed by atoms with Gasteiger partial charge in [-0.15, -0.1) is 5.10 Å². The Bertz CT molecular complexity index is 807. The van der Waals surface area contributed by atoms with Crippen molar-refractivity contribution in [1.29, 1.82) is 0 Å². The number of nitrogens with zero attached hydrogens (tertiary/aromatic N) is 3. The molecule has 3 amide bonds. The molecule has 4 rings (SSSR count). The second kappa shape index (κ2) is 7.75. The Balaban J connectivity index is 1.32. The third-order valence-corrected chi connectivity index (χ3v) is 4.74. The number of carbonyl (C=O) groups is 2. The molecule has 1 aromatic heterocycles. The number of hydrogen-bond donors (Lipinski definition) is 4. The van der Waals surface area contributed by atoms with E-state index in [1.54, 1.807) is 35.1 Å². The molecule has 2 aliphatic rings. The fourth-order valence-electron chi connectivity index (χ4n) is 3.04. The van der Waals surface area contributed by atoms with Crippen LogP contribution in [0.3, 0.4) is 0 Å². The van der Waals surface area contributed by atoms with Gasteiger partial charge in [-0.25, -0.2) is 9.48 Å². The average Bonchev–Trinajstić information content (AvgIpc) is 3.34. The van der Waals surface area contributed by atoms with Gasteiger partial charge >= 0.3 is 6.03 Å². The lowest BCUT2D eigenvalue weighted by Gasteiger charge is -2.22. The Kier molecular flexibility index (Phi) is 5.01. The largest absolute Gasteiger partial charge is 0.335 e. The standard InChI is InChI=1S/C18H23N7O2/c26-17(16-11-25(24-23-16)15-7-9-19-10-8-15)20-12-1-3-13(4-2-12)21-18(27)22-14-5-6-14/h1-4,11,14-15,19H,5-10H2,(H,20,26)(H2,21,22,27). The fourth-order valence-corrected chi connectivity index (χ4v) is 3.04. The van der Waals surface area contributed by atoms with Crippen LogP contribution < -0.4 is 21.3 Å². The van der Waals surface area contributed by atoms with Gasteiger partial charge in [0.05, 0.1) is 12.2 Å². The van der Waals surface area contributed by atoms with E-state index in [1.807, 2.05) is 0 Å². The third-order valence-electron chi connectivity index (χ3n) is 4.74. The summed E-state index contributed by atoms with van der Waals surface area (Å²) in [5.74, 6) is -0.303. The van der Waals surface area contributed by atoms with Crippen molar-refractivity contribution in [3.63, 3.8) is 0 Å². The quantitative estimate of drug-likeness (QED) is 0.641. The van der Waals surface area contributed by atoms with Crippen LogP contribution >= 0.6 is 0 Å². The van der Waals surface area contributed by atoms with Gasteiger partial charge in [0.25, 0.3) is 5.91 Å². The van der Waals surface area contributed by atoms with Gasteiger partial charge in [0.15, 0.2) is 5.69 Å². The van der Waals surface area contributed by atoms with Gasteiger partial charge < -0.3 is 21.3 Å². The maximum absolute atomic E-state index is 12.4. The normalized spacial score (nSPS) is 17.3. The summed E-state index contributed by atoms with van der Waals surface area (Å²) in [4.78, 5) is 24.1. The van der Waals surface area contributed by atoms with Crippen molar-refractivity contribution >= 4 is 23.3 Å². The molecule has 1 aromatic carbocycles. The molecule has 142 valence electrons. The summed E-state index contributed by atoms with van der Waals surface area (Å²) in [5.41, 5.74) is 1.59. The molecule has 2 fully saturated rings. The molecule has 9 nitrogen and oxygen atoms in total. The van der Waals surface area contributed by atoms with Crippen molar-refractivity contribution < 1.29 is 9.59 Å². The van der Waals surface area contributed by atoms with E-state index in [0.717, 1.165) is 38.8 Å². The minimum Gasteiger partial charge on any atom is -0.335 e. The number of aromatic nitrogens is 3. The number of urea groups is 1. The van der Waals surface area contributed by atoms with Crippen molar-refractivity contribution in [3.8, 4) is 0 Å². The first kappa shape index (κ1) is 17.5. The van der Waals surface area contributed by atoms with Crippen LogP contribution in [0.2, 0.25) is 0 Å². The van der Waals surface area contributed by atoms with Crippen LogP contribution in [0.5, 0.6) is 0 Å². The highest BCUT2D eigenvalue weighted by Crippen LogP contribution is 2.20. The van der Waals surface area contributed by atoms with Crippen LogP contribution in [-0.4, -0.2) is 46.1 Å². The summed E-state index contributed by atoms with van der Waals surface area (Å²) < 4.78 is 1.78. The number of carbonyl (C=O) groups excluding carboxylic acids is 2. The van der Waals surface area contributed by atoms with Crippen LogP contribution in [0.15, 0.2) is 30.5 Å². The first-order valence-corrected chi connectivity index (χ1v) is 9.29.